The minimum absolute atomic E-state index is 0.156. The Balaban J connectivity index is 2.74. The fraction of sp³-hybridized carbons (Fsp3) is 0.600. The number of aliphatic hydroxyl groups excluding tert-OH is 1. The summed E-state index contributed by atoms with van der Waals surface area (Å²) in [5.41, 5.74) is 1.77. The zero-order chi connectivity index (χ0) is 15.8. The molecule has 0 aliphatic rings. The summed E-state index contributed by atoms with van der Waals surface area (Å²) in [6.45, 7) is 5.61. The SMILES string of the molecule is CC(C)CNCc1ccc(N(CCO)CC(F)F)c(Br)c1. The van der Waals surface area contributed by atoms with Crippen molar-refractivity contribution in [2.45, 2.75) is 26.8 Å². The van der Waals surface area contributed by atoms with Gasteiger partial charge >= 0.3 is 0 Å². The van der Waals surface area contributed by atoms with Crippen LogP contribution in [-0.2, 0) is 6.54 Å². The van der Waals surface area contributed by atoms with Gasteiger partial charge in [0.05, 0.1) is 18.8 Å². The number of hydrogen-bond acceptors (Lipinski definition) is 3. The molecule has 0 aliphatic carbocycles. The second-order valence-electron chi connectivity index (χ2n) is 5.37. The first-order chi connectivity index (χ1) is 9.93. The fourth-order valence-electron chi connectivity index (χ4n) is 2.02. The number of benzene rings is 1. The van der Waals surface area contributed by atoms with E-state index in [1.54, 1.807) is 0 Å². The van der Waals surface area contributed by atoms with E-state index in [0.717, 1.165) is 23.1 Å². The predicted octanol–water partition coefficient (Wildman–Crippen LogP) is 3.26. The number of aliphatic hydroxyl groups is 1. The highest BCUT2D eigenvalue weighted by Crippen LogP contribution is 2.28. The van der Waals surface area contributed by atoms with E-state index in [1.165, 1.54) is 4.90 Å². The van der Waals surface area contributed by atoms with Crippen molar-refractivity contribution in [3.05, 3.63) is 28.2 Å². The minimum atomic E-state index is -2.43. The molecule has 0 saturated heterocycles. The van der Waals surface area contributed by atoms with Gasteiger partial charge in [-0.25, -0.2) is 8.78 Å². The molecule has 0 atom stereocenters. The van der Waals surface area contributed by atoms with Crippen LogP contribution in [0, 0.1) is 5.92 Å². The standard InChI is InChI=1S/C15H23BrF2N2O/c1-11(2)8-19-9-12-3-4-14(13(16)7-12)20(5-6-21)10-15(17)18/h3-4,7,11,15,19,21H,5-6,8-10H2,1-2H3. The molecule has 120 valence electrons. The van der Waals surface area contributed by atoms with Crippen LogP contribution < -0.4 is 10.2 Å². The van der Waals surface area contributed by atoms with E-state index in [2.05, 4.69) is 35.1 Å². The van der Waals surface area contributed by atoms with Crippen LogP contribution in [0.25, 0.3) is 0 Å². The first kappa shape index (κ1) is 18.3. The van der Waals surface area contributed by atoms with E-state index < -0.39 is 6.43 Å². The first-order valence-electron chi connectivity index (χ1n) is 7.07. The Labute approximate surface area is 133 Å². The summed E-state index contributed by atoms with van der Waals surface area (Å²) in [6.07, 6.45) is -2.43. The molecule has 3 nitrogen and oxygen atoms in total. The fourth-order valence-corrected chi connectivity index (χ4v) is 2.70. The molecular formula is C15H23BrF2N2O. The molecule has 0 fully saturated rings. The van der Waals surface area contributed by atoms with Gasteiger partial charge < -0.3 is 15.3 Å². The predicted molar refractivity (Wildman–Crippen MR) is 86.0 cm³/mol. The zero-order valence-corrected chi connectivity index (χ0v) is 14.0. The molecular weight excluding hydrogens is 342 g/mol. The molecule has 0 aliphatic heterocycles. The summed E-state index contributed by atoms with van der Waals surface area (Å²) < 4.78 is 26.0. The van der Waals surface area contributed by atoms with Gasteiger partial charge in [0.1, 0.15) is 0 Å². The van der Waals surface area contributed by atoms with E-state index in [9.17, 15) is 8.78 Å². The average Bonchev–Trinajstić information content (AvgIpc) is 2.37. The molecule has 0 spiro atoms. The number of rotatable bonds is 9. The average molecular weight is 365 g/mol. The zero-order valence-electron chi connectivity index (χ0n) is 12.5. The quantitative estimate of drug-likeness (QED) is 0.705. The third-order valence-corrected chi connectivity index (χ3v) is 3.60. The summed E-state index contributed by atoms with van der Waals surface area (Å²) in [4.78, 5) is 1.49. The van der Waals surface area contributed by atoms with Crippen molar-refractivity contribution in [3.8, 4) is 0 Å². The maximum absolute atomic E-state index is 12.6. The van der Waals surface area contributed by atoms with Gasteiger partial charge in [-0.1, -0.05) is 19.9 Å². The molecule has 0 bridgehead atoms. The number of nitrogens with zero attached hydrogens (tertiary/aromatic N) is 1. The highest BCUT2D eigenvalue weighted by Gasteiger charge is 2.15. The van der Waals surface area contributed by atoms with Crippen molar-refractivity contribution in [1.29, 1.82) is 0 Å². The van der Waals surface area contributed by atoms with E-state index in [-0.39, 0.29) is 19.7 Å². The molecule has 1 rings (SSSR count). The molecule has 0 radical (unpaired) electrons. The van der Waals surface area contributed by atoms with Gasteiger partial charge in [-0.3, -0.25) is 0 Å². The maximum Gasteiger partial charge on any atom is 0.255 e. The summed E-state index contributed by atoms with van der Waals surface area (Å²) in [7, 11) is 0. The highest BCUT2D eigenvalue weighted by atomic mass is 79.9. The van der Waals surface area contributed by atoms with Crippen molar-refractivity contribution in [3.63, 3.8) is 0 Å². The maximum atomic E-state index is 12.6. The Morgan fingerprint density at radius 2 is 2.05 bits per heavy atom. The Hall–Kier alpha value is -0.720. The number of hydrogen-bond donors (Lipinski definition) is 2. The molecule has 21 heavy (non-hydrogen) atoms. The second-order valence-corrected chi connectivity index (χ2v) is 6.23. The normalized spacial score (nSPS) is 11.4. The molecule has 6 heteroatoms. The van der Waals surface area contributed by atoms with Crippen LogP contribution in [0.1, 0.15) is 19.4 Å². The third-order valence-electron chi connectivity index (χ3n) is 2.96. The summed E-state index contributed by atoms with van der Waals surface area (Å²) in [5, 5.41) is 12.4. The van der Waals surface area contributed by atoms with Gasteiger partial charge in [0.15, 0.2) is 0 Å². The molecule has 1 aromatic rings. The van der Waals surface area contributed by atoms with Crippen molar-refractivity contribution < 1.29 is 13.9 Å². The third kappa shape index (κ3) is 6.72. The van der Waals surface area contributed by atoms with Gasteiger partial charge in [0, 0.05) is 17.6 Å². The molecule has 2 N–H and O–H groups in total. The van der Waals surface area contributed by atoms with E-state index in [1.807, 2.05) is 18.2 Å². The minimum Gasteiger partial charge on any atom is -0.395 e. The molecule has 0 amide bonds. The Morgan fingerprint density at radius 3 is 2.57 bits per heavy atom. The van der Waals surface area contributed by atoms with Crippen LogP contribution in [-0.4, -0.2) is 37.8 Å². The van der Waals surface area contributed by atoms with Gasteiger partial charge in [-0.2, -0.15) is 0 Å². The van der Waals surface area contributed by atoms with Gasteiger partial charge in [0.2, 0.25) is 0 Å². The largest absolute Gasteiger partial charge is 0.395 e. The van der Waals surface area contributed by atoms with Crippen molar-refractivity contribution >= 4 is 21.6 Å². The molecule has 0 saturated carbocycles. The Morgan fingerprint density at radius 1 is 1.33 bits per heavy atom. The van der Waals surface area contributed by atoms with Crippen LogP contribution in [0.15, 0.2) is 22.7 Å². The van der Waals surface area contributed by atoms with Crippen molar-refractivity contribution in [2.24, 2.45) is 5.92 Å². The highest BCUT2D eigenvalue weighted by molar-refractivity contribution is 9.10. The van der Waals surface area contributed by atoms with E-state index >= 15 is 0 Å². The van der Waals surface area contributed by atoms with E-state index in [0.29, 0.717) is 11.6 Å². The van der Waals surface area contributed by atoms with E-state index in [4.69, 9.17) is 5.11 Å². The number of anilines is 1. The molecule has 0 heterocycles. The summed E-state index contributed by atoms with van der Waals surface area (Å²) in [5.74, 6) is 0.582. The Kier molecular flexibility index (Phi) is 8.14. The Bertz CT molecular complexity index is 430. The first-order valence-corrected chi connectivity index (χ1v) is 7.86. The lowest BCUT2D eigenvalue weighted by molar-refractivity contribution is 0.152. The summed E-state index contributed by atoms with van der Waals surface area (Å²) in [6, 6.07) is 5.66. The smallest absolute Gasteiger partial charge is 0.255 e. The topological polar surface area (TPSA) is 35.5 Å². The van der Waals surface area contributed by atoms with Crippen LogP contribution in [0.4, 0.5) is 14.5 Å². The van der Waals surface area contributed by atoms with Crippen LogP contribution in [0.3, 0.4) is 0 Å². The monoisotopic (exact) mass is 364 g/mol. The molecule has 0 aromatic heterocycles. The van der Waals surface area contributed by atoms with Crippen LogP contribution in [0.5, 0.6) is 0 Å². The number of alkyl halides is 2. The van der Waals surface area contributed by atoms with Crippen molar-refractivity contribution in [2.75, 3.05) is 31.1 Å². The van der Waals surface area contributed by atoms with Gasteiger partial charge in [0.25, 0.3) is 6.43 Å². The summed E-state index contributed by atoms with van der Waals surface area (Å²) >= 11 is 3.43. The van der Waals surface area contributed by atoms with Gasteiger partial charge in [-0.05, 0) is 46.1 Å². The lowest BCUT2D eigenvalue weighted by Gasteiger charge is -2.25. The lowest BCUT2D eigenvalue weighted by Crippen LogP contribution is -2.31. The van der Waals surface area contributed by atoms with Crippen LogP contribution >= 0.6 is 15.9 Å². The number of nitrogens with one attached hydrogen (secondary N) is 1. The van der Waals surface area contributed by atoms with Gasteiger partial charge in [-0.15, -0.1) is 0 Å². The second kappa shape index (κ2) is 9.33. The van der Waals surface area contributed by atoms with Crippen LogP contribution in [0.2, 0.25) is 0 Å². The van der Waals surface area contributed by atoms with Crippen molar-refractivity contribution in [1.82, 2.24) is 5.32 Å². The number of halogens is 3. The molecule has 1 aromatic carbocycles. The lowest BCUT2D eigenvalue weighted by atomic mass is 10.1. The molecule has 0 unspecified atom stereocenters.